The number of thiophene rings is 1. The van der Waals surface area contributed by atoms with Gasteiger partial charge in [0.05, 0.1) is 12.7 Å². The fourth-order valence-electron chi connectivity index (χ4n) is 1.73. The van der Waals surface area contributed by atoms with Crippen LogP contribution in [0, 0.1) is 0 Å². The number of nitrogens with one attached hydrogen (secondary N) is 1. The second kappa shape index (κ2) is 6.28. The number of aryl methyl sites for hydroxylation is 1. The van der Waals surface area contributed by atoms with Gasteiger partial charge in [0.2, 0.25) is 0 Å². The van der Waals surface area contributed by atoms with Gasteiger partial charge in [0.15, 0.2) is 0 Å². The smallest absolute Gasteiger partial charge is 0.337 e. The molecule has 0 spiro atoms. The molecule has 0 aliphatic rings. The molecule has 0 amide bonds. The molecule has 1 heterocycles. The van der Waals surface area contributed by atoms with Crippen LogP contribution in [0.25, 0.3) is 0 Å². The highest BCUT2D eigenvalue weighted by molar-refractivity contribution is 7.94. The number of esters is 1. The predicted molar refractivity (Wildman–Crippen MR) is 82.3 cm³/mol. The number of benzene rings is 1. The summed E-state index contributed by atoms with van der Waals surface area (Å²) in [6.45, 7) is 1.97. The summed E-state index contributed by atoms with van der Waals surface area (Å²) in [5, 5.41) is 0. The molecule has 0 aliphatic carbocycles. The Bertz CT molecular complexity index is 750. The van der Waals surface area contributed by atoms with Gasteiger partial charge in [-0.2, -0.15) is 0 Å². The van der Waals surface area contributed by atoms with E-state index in [0.29, 0.717) is 5.69 Å². The maximum atomic E-state index is 12.3. The first-order chi connectivity index (χ1) is 9.96. The van der Waals surface area contributed by atoms with Crippen LogP contribution in [0.5, 0.6) is 0 Å². The first-order valence-electron chi connectivity index (χ1n) is 6.26. The number of carbonyl (C=O) groups excluding carboxylic acids is 1. The number of ether oxygens (including phenoxy) is 1. The summed E-state index contributed by atoms with van der Waals surface area (Å²) in [6.07, 6.45) is 0.790. The molecule has 5 nitrogen and oxygen atoms in total. The predicted octanol–water partition coefficient (Wildman–Crippen LogP) is 2.90. The summed E-state index contributed by atoms with van der Waals surface area (Å²) < 4.78 is 31.9. The lowest BCUT2D eigenvalue weighted by Crippen LogP contribution is -2.12. The van der Waals surface area contributed by atoms with E-state index < -0.39 is 16.0 Å². The van der Waals surface area contributed by atoms with Gasteiger partial charge in [-0.05, 0) is 36.8 Å². The highest BCUT2D eigenvalue weighted by atomic mass is 32.2. The van der Waals surface area contributed by atoms with E-state index in [1.165, 1.54) is 24.5 Å². The lowest BCUT2D eigenvalue weighted by Gasteiger charge is -2.07. The number of hydrogen-bond acceptors (Lipinski definition) is 5. The Kier molecular flexibility index (Phi) is 4.64. The Morgan fingerprint density at radius 1 is 1.29 bits per heavy atom. The Labute approximate surface area is 127 Å². The summed E-state index contributed by atoms with van der Waals surface area (Å²) in [7, 11) is -2.36. The lowest BCUT2D eigenvalue weighted by atomic mass is 10.2. The SMILES string of the molecule is CCc1ccc(S(=O)(=O)Nc2cccc(C(=O)OC)c2)s1. The van der Waals surface area contributed by atoms with Crippen LogP contribution in [-0.2, 0) is 21.2 Å². The van der Waals surface area contributed by atoms with Crippen molar-refractivity contribution in [1.29, 1.82) is 0 Å². The van der Waals surface area contributed by atoms with Gasteiger partial charge in [0.1, 0.15) is 4.21 Å². The fourth-order valence-corrected chi connectivity index (χ4v) is 4.07. The average molecular weight is 325 g/mol. The molecule has 1 aromatic heterocycles. The van der Waals surface area contributed by atoms with Crippen LogP contribution in [0.1, 0.15) is 22.2 Å². The number of anilines is 1. The van der Waals surface area contributed by atoms with Crippen molar-refractivity contribution in [3.63, 3.8) is 0 Å². The Hall–Kier alpha value is -1.86. The minimum absolute atomic E-state index is 0.253. The zero-order valence-electron chi connectivity index (χ0n) is 11.6. The Balaban J connectivity index is 2.26. The summed E-state index contributed by atoms with van der Waals surface area (Å²) in [5.41, 5.74) is 0.613. The van der Waals surface area contributed by atoms with E-state index in [1.54, 1.807) is 30.3 Å². The first-order valence-corrected chi connectivity index (χ1v) is 8.56. The van der Waals surface area contributed by atoms with Gasteiger partial charge in [0.25, 0.3) is 10.0 Å². The molecule has 0 bridgehead atoms. The molecule has 21 heavy (non-hydrogen) atoms. The summed E-state index contributed by atoms with van der Waals surface area (Å²) in [4.78, 5) is 12.4. The van der Waals surface area contributed by atoms with Crippen LogP contribution in [0.2, 0.25) is 0 Å². The molecule has 1 aromatic carbocycles. The van der Waals surface area contributed by atoms with Crippen LogP contribution < -0.4 is 4.72 Å². The quantitative estimate of drug-likeness (QED) is 0.858. The van der Waals surface area contributed by atoms with Gasteiger partial charge in [0, 0.05) is 10.6 Å². The molecule has 0 unspecified atom stereocenters. The third-order valence-electron chi connectivity index (χ3n) is 2.79. The summed E-state index contributed by atoms with van der Waals surface area (Å²) in [6, 6.07) is 9.55. The number of hydrogen-bond donors (Lipinski definition) is 1. The molecule has 0 aliphatic heterocycles. The molecule has 0 saturated heterocycles. The molecule has 2 rings (SSSR count). The standard InChI is InChI=1S/C14H15NO4S2/c1-3-12-7-8-13(20-12)21(17,18)15-11-6-4-5-10(9-11)14(16)19-2/h4-9,15H,3H2,1-2H3. The van der Waals surface area contributed by atoms with Crippen molar-refractivity contribution in [2.45, 2.75) is 17.6 Å². The maximum Gasteiger partial charge on any atom is 0.337 e. The fraction of sp³-hybridized carbons (Fsp3) is 0.214. The molecule has 0 radical (unpaired) electrons. The average Bonchev–Trinajstić information content (AvgIpc) is 2.96. The van der Waals surface area contributed by atoms with Crippen LogP contribution >= 0.6 is 11.3 Å². The van der Waals surface area contributed by atoms with Crippen LogP contribution in [0.15, 0.2) is 40.6 Å². The summed E-state index contributed by atoms with van der Waals surface area (Å²) in [5.74, 6) is -0.513. The number of carbonyl (C=O) groups is 1. The highest BCUT2D eigenvalue weighted by Gasteiger charge is 2.17. The molecule has 2 aromatic rings. The third-order valence-corrected chi connectivity index (χ3v) is 5.89. The lowest BCUT2D eigenvalue weighted by molar-refractivity contribution is 0.0601. The van der Waals surface area contributed by atoms with Gasteiger partial charge < -0.3 is 4.74 Å². The van der Waals surface area contributed by atoms with Crippen molar-refractivity contribution >= 4 is 33.0 Å². The third kappa shape index (κ3) is 3.62. The minimum atomic E-state index is -3.64. The van der Waals surface area contributed by atoms with E-state index in [9.17, 15) is 13.2 Å². The van der Waals surface area contributed by atoms with Crippen molar-refractivity contribution in [3.05, 3.63) is 46.8 Å². The van der Waals surface area contributed by atoms with E-state index in [2.05, 4.69) is 9.46 Å². The van der Waals surface area contributed by atoms with E-state index in [4.69, 9.17) is 0 Å². The van der Waals surface area contributed by atoms with E-state index in [0.717, 1.165) is 11.3 Å². The first kappa shape index (κ1) is 15.5. The van der Waals surface area contributed by atoms with Gasteiger partial charge in [-0.25, -0.2) is 13.2 Å². The number of sulfonamides is 1. The maximum absolute atomic E-state index is 12.3. The number of rotatable bonds is 5. The second-order valence-corrected chi connectivity index (χ2v) is 7.33. The van der Waals surface area contributed by atoms with Gasteiger partial charge in [-0.1, -0.05) is 13.0 Å². The van der Waals surface area contributed by atoms with Crippen molar-refractivity contribution in [2.75, 3.05) is 11.8 Å². The van der Waals surface area contributed by atoms with Crippen molar-refractivity contribution in [3.8, 4) is 0 Å². The van der Waals surface area contributed by atoms with Crippen molar-refractivity contribution in [1.82, 2.24) is 0 Å². The van der Waals surface area contributed by atoms with Crippen molar-refractivity contribution < 1.29 is 17.9 Å². The zero-order chi connectivity index (χ0) is 15.5. The zero-order valence-corrected chi connectivity index (χ0v) is 13.3. The summed E-state index contributed by atoms with van der Waals surface area (Å²) >= 11 is 1.23. The normalized spacial score (nSPS) is 11.1. The van der Waals surface area contributed by atoms with Crippen molar-refractivity contribution in [2.24, 2.45) is 0 Å². The van der Waals surface area contributed by atoms with Gasteiger partial charge in [-0.3, -0.25) is 4.72 Å². The van der Waals surface area contributed by atoms with Gasteiger partial charge in [-0.15, -0.1) is 11.3 Å². The second-order valence-electron chi connectivity index (χ2n) is 4.25. The molecular weight excluding hydrogens is 310 g/mol. The molecule has 112 valence electrons. The van der Waals surface area contributed by atoms with Crippen LogP contribution in [0.4, 0.5) is 5.69 Å². The molecule has 0 atom stereocenters. The molecule has 0 fully saturated rings. The minimum Gasteiger partial charge on any atom is -0.465 e. The number of methoxy groups -OCH3 is 1. The van der Waals surface area contributed by atoms with Crippen LogP contribution in [-0.4, -0.2) is 21.5 Å². The van der Waals surface area contributed by atoms with Crippen LogP contribution in [0.3, 0.4) is 0 Å². The largest absolute Gasteiger partial charge is 0.465 e. The molecule has 7 heteroatoms. The van der Waals surface area contributed by atoms with Gasteiger partial charge >= 0.3 is 5.97 Å². The molecular formula is C14H15NO4S2. The monoisotopic (exact) mass is 325 g/mol. The topological polar surface area (TPSA) is 72.5 Å². The Morgan fingerprint density at radius 3 is 2.67 bits per heavy atom. The van der Waals surface area contributed by atoms with E-state index in [1.807, 2.05) is 6.92 Å². The van der Waals surface area contributed by atoms with E-state index in [-0.39, 0.29) is 9.77 Å². The van der Waals surface area contributed by atoms with E-state index >= 15 is 0 Å². The molecule has 1 N–H and O–H groups in total. The molecule has 0 saturated carbocycles. The highest BCUT2D eigenvalue weighted by Crippen LogP contribution is 2.24. The Morgan fingerprint density at radius 2 is 2.05 bits per heavy atom.